The Balaban J connectivity index is 1.98. The lowest BCUT2D eigenvalue weighted by atomic mass is 10.1. The number of carbonyl (C=O) groups is 1. The average Bonchev–Trinajstić information content (AvgIpc) is 2.73. The minimum atomic E-state index is -1.48. The number of para-hydroxylation sites is 1. The second-order valence-corrected chi connectivity index (χ2v) is 6.89. The Morgan fingerprint density at radius 1 is 1.17 bits per heavy atom. The molecule has 1 amide bonds. The number of nitrogens with one attached hydrogen (secondary N) is 3. The van der Waals surface area contributed by atoms with Crippen LogP contribution in [0.2, 0.25) is 0 Å². The third kappa shape index (κ3) is 4.21. The smallest absolute Gasteiger partial charge is 0.258 e. The lowest BCUT2D eigenvalue weighted by Crippen LogP contribution is -2.16. The van der Waals surface area contributed by atoms with Crippen molar-refractivity contribution in [3.63, 3.8) is 0 Å². The number of hydrogen-bond acceptors (Lipinski definition) is 6. The Labute approximate surface area is 169 Å². The van der Waals surface area contributed by atoms with Crippen molar-refractivity contribution in [2.24, 2.45) is 0 Å². The fourth-order valence-electron chi connectivity index (χ4n) is 2.67. The van der Waals surface area contributed by atoms with Crippen molar-refractivity contribution in [3.05, 3.63) is 53.6 Å². The van der Waals surface area contributed by atoms with Gasteiger partial charge in [0.2, 0.25) is 0 Å². The summed E-state index contributed by atoms with van der Waals surface area (Å²) in [5, 5.41) is 5.57. The highest BCUT2D eigenvalue weighted by Gasteiger charge is 2.22. The van der Waals surface area contributed by atoms with Gasteiger partial charge in [-0.05, 0) is 18.6 Å². The SMILES string of the molecule is CCCSNc1cc(F)c(F)c(NC(=O)c2cccc3c(NC)ncnc23)c1F. The molecule has 0 aliphatic heterocycles. The maximum atomic E-state index is 14.7. The molecule has 152 valence electrons. The van der Waals surface area contributed by atoms with Gasteiger partial charge in [-0.15, -0.1) is 0 Å². The number of aromatic nitrogens is 2. The number of benzene rings is 2. The molecule has 1 heterocycles. The van der Waals surface area contributed by atoms with Crippen molar-refractivity contribution < 1.29 is 18.0 Å². The molecule has 0 aliphatic rings. The summed E-state index contributed by atoms with van der Waals surface area (Å²) in [5.41, 5.74) is -0.761. The molecule has 1 aromatic heterocycles. The number of amides is 1. The van der Waals surface area contributed by atoms with Crippen molar-refractivity contribution in [2.75, 3.05) is 28.2 Å². The van der Waals surface area contributed by atoms with Crippen molar-refractivity contribution in [3.8, 4) is 0 Å². The van der Waals surface area contributed by atoms with Crippen LogP contribution >= 0.6 is 11.9 Å². The largest absolute Gasteiger partial charge is 0.373 e. The number of nitrogens with zero attached hydrogens (tertiary/aromatic N) is 2. The summed E-state index contributed by atoms with van der Waals surface area (Å²) in [5.74, 6) is -3.54. The van der Waals surface area contributed by atoms with Crippen LogP contribution in [0.4, 0.5) is 30.4 Å². The number of hydrogen-bond donors (Lipinski definition) is 3. The molecule has 6 nitrogen and oxygen atoms in total. The highest BCUT2D eigenvalue weighted by Crippen LogP contribution is 2.31. The first-order valence-electron chi connectivity index (χ1n) is 8.76. The third-order valence-electron chi connectivity index (χ3n) is 4.03. The molecule has 0 atom stereocenters. The van der Waals surface area contributed by atoms with Crippen molar-refractivity contribution in [1.82, 2.24) is 9.97 Å². The molecular weight excluding hydrogens is 403 g/mol. The van der Waals surface area contributed by atoms with Gasteiger partial charge in [0.15, 0.2) is 17.5 Å². The fraction of sp³-hybridized carbons (Fsp3) is 0.211. The molecule has 2 aromatic carbocycles. The quantitative estimate of drug-likeness (QED) is 0.289. The van der Waals surface area contributed by atoms with Crippen LogP contribution in [0.3, 0.4) is 0 Å². The summed E-state index contributed by atoms with van der Waals surface area (Å²) >= 11 is 1.15. The Bertz CT molecular complexity index is 1060. The standard InChI is InChI=1S/C19H18F3N5OS/c1-3-7-29-27-13-8-12(20)14(21)17(15(13)22)26-19(28)11-6-4-5-10-16(11)24-9-25-18(10)23-2/h4-6,8-9,27H,3,7H2,1-2H3,(H,26,28)(H,23,24,25). The molecule has 3 N–H and O–H groups in total. The predicted molar refractivity (Wildman–Crippen MR) is 110 cm³/mol. The second-order valence-electron chi connectivity index (χ2n) is 5.99. The van der Waals surface area contributed by atoms with E-state index in [2.05, 4.69) is 25.3 Å². The van der Waals surface area contributed by atoms with E-state index in [1.807, 2.05) is 6.92 Å². The van der Waals surface area contributed by atoms with Gasteiger partial charge in [-0.3, -0.25) is 4.79 Å². The molecule has 0 fully saturated rings. The Morgan fingerprint density at radius 2 is 1.97 bits per heavy atom. The monoisotopic (exact) mass is 421 g/mol. The van der Waals surface area contributed by atoms with E-state index in [1.165, 1.54) is 12.4 Å². The number of rotatable bonds is 7. The van der Waals surface area contributed by atoms with Gasteiger partial charge in [-0.25, -0.2) is 23.1 Å². The van der Waals surface area contributed by atoms with Gasteiger partial charge in [0, 0.05) is 24.3 Å². The second kappa shape index (κ2) is 8.99. The molecule has 29 heavy (non-hydrogen) atoms. The summed E-state index contributed by atoms with van der Waals surface area (Å²) in [7, 11) is 1.66. The van der Waals surface area contributed by atoms with E-state index in [-0.39, 0.29) is 11.3 Å². The predicted octanol–water partition coefficient (Wildman–Crippen LogP) is 4.81. The first-order valence-corrected chi connectivity index (χ1v) is 9.74. The highest BCUT2D eigenvalue weighted by atomic mass is 32.2. The lowest BCUT2D eigenvalue weighted by Gasteiger charge is -2.14. The van der Waals surface area contributed by atoms with Gasteiger partial charge in [-0.2, -0.15) is 0 Å². The summed E-state index contributed by atoms with van der Waals surface area (Å²) in [6.07, 6.45) is 2.07. The molecule has 0 saturated heterocycles. The molecule has 0 spiro atoms. The molecule has 0 aliphatic carbocycles. The lowest BCUT2D eigenvalue weighted by molar-refractivity contribution is 0.102. The maximum absolute atomic E-state index is 14.7. The van der Waals surface area contributed by atoms with Crippen LogP contribution in [-0.4, -0.2) is 28.7 Å². The maximum Gasteiger partial charge on any atom is 0.258 e. The molecule has 10 heteroatoms. The van der Waals surface area contributed by atoms with Crippen molar-refractivity contribution >= 4 is 46.0 Å². The Kier molecular flexibility index (Phi) is 6.42. The number of halogens is 3. The molecular formula is C19H18F3N5OS. The van der Waals surface area contributed by atoms with Crippen LogP contribution in [-0.2, 0) is 0 Å². The zero-order valence-electron chi connectivity index (χ0n) is 15.6. The average molecular weight is 421 g/mol. The van der Waals surface area contributed by atoms with Crippen molar-refractivity contribution in [1.29, 1.82) is 0 Å². The van der Waals surface area contributed by atoms with E-state index in [4.69, 9.17) is 0 Å². The van der Waals surface area contributed by atoms with E-state index >= 15 is 0 Å². The molecule has 3 aromatic rings. The van der Waals surface area contributed by atoms with E-state index in [1.54, 1.807) is 19.2 Å². The van der Waals surface area contributed by atoms with Gasteiger partial charge < -0.3 is 15.4 Å². The molecule has 0 radical (unpaired) electrons. The Hall–Kier alpha value is -3.01. The van der Waals surface area contributed by atoms with Crippen molar-refractivity contribution in [2.45, 2.75) is 13.3 Å². The Morgan fingerprint density at radius 3 is 2.69 bits per heavy atom. The third-order valence-corrected chi connectivity index (χ3v) is 5.01. The molecule has 0 unspecified atom stereocenters. The zero-order valence-corrected chi connectivity index (χ0v) is 16.5. The van der Waals surface area contributed by atoms with Gasteiger partial charge in [0.1, 0.15) is 17.8 Å². The summed E-state index contributed by atoms with van der Waals surface area (Å²) in [6.45, 7) is 1.93. The van der Waals surface area contributed by atoms with E-state index in [0.717, 1.165) is 18.4 Å². The van der Waals surface area contributed by atoms with Crippen LogP contribution in [0.5, 0.6) is 0 Å². The summed E-state index contributed by atoms with van der Waals surface area (Å²) in [6, 6.07) is 5.46. The highest BCUT2D eigenvalue weighted by molar-refractivity contribution is 8.00. The van der Waals surface area contributed by atoms with Gasteiger partial charge >= 0.3 is 0 Å². The number of fused-ring (bicyclic) bond motifs is 1. The topological polar surface area (TPSA) is 78.9 Å². The minimum absolute atomic E-state index is 0.0688. The fourth-order valence-corrected chi connectivity index (χ4v) is 3.28. The zero-order chi connectivity index (χ0) is 21.0. The van der Waals surface area contributed by atoms with Gasteiger partial charge in [-0.1, -0.05) is 24.9 Å². The molecule has 3 rings (SSSR count). The normalized spacial score (nSPS) is 10.8. The minimum Gasteiger partial charge on any atom is -0.373 e. The first kappa shape index (κ1) is 20.7. The van der Waals surface area contributed by atoms with Gasteiger partial charge in [0.05, 0.1) is 16.8 Å². The van der Waals surface area contributed by atoms with Crippen LogP contribution in [0.15, 0.2) is 30.6 Å². The molecule has 0 saturated carbocycles. The van der Waals surface area contributed by atoms with Crippen LogP contribution in [0, 0.1) is 17.5 Å². The van der Waals surface area contributed by atoms with Crippen LogP contribution in [0.1, 0.15) is 23.7 Å². The van der Waals surface area contributed by atoms with E-state index in [0.29, 0.717) is 28.5 Å². The summed E-state index contributed by atoms with van der Waals surface area (Å²) in [4.78, 5) is 20.9. The summed E-state index contributed by atoms with van der Waals surface area (Å²) < 4.78 is 45.6. The molecule has 0 bridgehead atoms. The van der Waals surface area contributed by atoms with Gasteiger partial charge in [0.25, 0.3) is 5.91 Å². The van der Waals surface area contributed by atoms with Crippen LogP contribution in [0.25, 0.3) is 10.9 Å². The first-order chi connectivity index (χ1) is 14.0. The van der Waals surface area contributed by atoms with E-state index in [9.17, 15) is 18.0 Å². The van der Waals surface area contributed by atoms with E-state index < -0.39 is 29.0 Å². The number of anilines is 3. The number of carbonyl (C=O) groups excluding carboxylic acids is 1. The van der Waals surface area contributed by atoms with Crippen LogP contribution < -0.4 is 15.4 Å².